The first-order valence-corrected chi connectivity index (χ1v) is 5.06. The van der Waals surface area contributed by atoms with Gasteiger partial charge in [-0.25, -0.2) is 0 Å². The Kier molecular flexibility index (Phi) is 4.29. The van der Waals surface area contributed by atoms with Gasteiger partial charge in [0.15, 0.2) is 0 Å². The van der Waals surface area contributed by atoms with Crippen LogP contribution in [0.25, 0.3) is 6.08 Å². The number of carbonyl (C=O) groups is 1. The van der Waals surface area contributed by atoms with Crippen molar-refractivity contribution in [3.05, 3.63) is 35.4 Å². The van der Waals surface area contributed by atoms with Crippen molar-refractivity contribution in [1.82, 2.24) is 4.90 Å². The topological polar surface area (TPSA) is 53.3 Å². The Labute approximate surface area is 101 Å². The maximum Gasteiger partial charge on any atom is 0.264 e. The van der Waals surface area contributed by atoms with Gasteiger partial charge in [-0.15, -0.1) is 0 Å². The van der Waals surface area contributed by atoms with Gasteiger partial charge in [0.1, 0.15) is 17.4 Å². The smallest absolute Gasteiger partial charge is 0.264 e. The third kappa shape index (κ3) is 3.35. The molecule has 0 bridgehead atoms. The van der Waals surface area contributed by atoms with Gasteiger partial charge in [0, 0.05) is 14.1 Å². The summed E-state index contributed by atoms with van der Waals surface area (Å²) in [6.45, 7) is 0. The third-order valence-electron chi connectivity index (χ3n) is 2.18. The fourth-order valence-corrected chi connectivity index (χ4v) is 1.25. The molecule has 0 aliphatic carbocycles. The normalized spacial score (nSPS) is 10.6. The second-order valence-electron chi connectivity index (χ2n) is 3.64. The van der Waals surface area contributed by atoms with E-state index in [4.69, 9.17) is 10.00 Å². The Balaban J connectivity index is 2.99. The molecule has 1 amide bonds. The van der Waals surface area contributed by atoms with E-state index in [9.17, 15) is 4.79 Å². The zero-order valence-corrected chi connectivity index (χ0v) is 10.1. The van der Waals surface area contributed by atoms with Gasteiger partial charge in [-0.3, -0.25) is 4.79 Å². The number of hydrogen-bond acceptors (Lipinski definition) is 3. The summed E-state index contributed by atoms with van der Waals surface area (Å²) in [5.74, 6) is 0.433. The van der Waals surface area contributed by atoms with E-state index in [1.807, 2.05) is 6.07 Å². The minimum Gasteiger partial charge on any atom is -0.497 e. The van der Waals surface area contributed by atoms with E-state index in [0.717, 1.165) is 11.3 Å². The van der Waals surface area contributed by atoms with Crippen LogP contribution in [-0.2, 0) is 4.79 Å². The summed E-state index contributed by atoms with van der Waals surface area (Å²) in [7, 11) is 4.81. The van der Waals surface area contributed by atoms with Crippen LogP contribution in [0.4, 0.5) is 0 Å². The van der Waals surface area contributed by atoms with Gasteiger partial charge in [0.05, 0.1) is 7.11 Å². The number of rotatable bonds is 3. The molecule has 0 atom stereocenters. The van der Waals surface area contributed by atoms with Gasteiger partial charge in [-0.2, -0.15) is 5.26 Å². The van der Waals surface area contributed by atoms with Crippen LogP contribution in [0, 0.1) is 11.3 Å². The number of ether oxygens (including phenoxy) is 1. The lowest BCUT2D eigenvalue weighted by Crippen LogP contribution is -2.22. The molecule has 0 unspecified atom stereocenters. The van der Waals surface area contributed by atoms with E-state index in [0.29, 0.717) is 0 Å². The highest BCUT2D eigenvalue weighted by Crippen LogP contribution is 2.14. The summed E-state index contributed by atoms with van der Waals surface area (Å²) < 4.78 is 5.03. The summed E-state index contributed by atoms with van der Waals surface area (Å²) >= 11 is 0. The lowest BCUT2D eigenvalue weighted by Gasteiger charge is -2.08. The molecule has 0 fully saturated rings. The first kappa shape index (κ1) is 12.8. The number of nitriles is 1. The Bertz CT molecular complexity index is 467. The van der Waals surface area contributed by atoms with Gasteiger partial charge in [0.25, 0.3) is 5.91 Å². The van der Waals surface area contributed by atoms with Crippen LogP contribution in [-0.4, -0.2) is 32.0 Å². The van der Waals surface area contributed by atoms with Gasteiger partial charge in [0.2, 0.25) is 0 Å². The predicted molar refractivity (Wildman–Crippen MR) is 65.3 cm³/mol. The molecule has 1 rings (SSSR count). The average Bonchev–Trinajstić information content (AvgIpc) is 2.35. The van der Waals surface area contributed by atoms with Crippen molar-refractivity contribution in [1.29, 1.82) is 5.26 Å². The van der Waals surface area contributed by atoms with Crippen LogP contribution in [0.2, 0.25) is 0 Å². The molecule has 0 N–H and O–H groups in total. The molecule has 0 saturated heterocycles. The number of carbonyl (C=O) groups excluding carboxylic acids is 1. The van der Waals surface area contributed by atoms with Crippen LogP contribution in [0.1, 0.15) is 5.56 Å². The summed E-state index contributed by atoms with van der Waals surface area (Å²) in [5, 5.41) is 8.92. The standard InChI is InChI=1S/C13H14N2O2/c1-15(2)13(16)11(9-14)8-10-4-6-12(17-3)7-5-10/h4-8H,1-3H3/b11-8-. The van der Waals surface area contributed by atoms with Crippen molar-refractivity contribution in [3.63, 3.8) is 0 Å². The Morgan fingerprint density at radius 3 is 2.35 bits per heavy atom. The van der Waals surface area contributed by atoms with Crippen LogP contribution >= 0.6 is 0 Å². The molecule has 0 spiro atoms. The number of likely N-dealkylation sites (N-methyl/N-ethyl adjacent to an activating group) is 1. The zero-order valence-electron chi connectivity index (χ0n) is 10.1. The largest absolute Gasteiger partial charge is 0.497 e. The minimum absolute atomic E-state index is 0.111. The molecule has 0 aliphatic rings. The highest BCUT2D eigenvalue weighted by Gasteiger charge is 2.10. The molecule has 4 nitrogen and oxygen atoms in total. The minimum atomic E-state index is -0.302. The van der Waals surface area contributed by atoms with Gasteiger partial charge >= 0.3 is 0 Å². The second-order valence-corrected chi connectivity index (χ2v) is 3.64. The first-order valence-electron chi connectivity index (χ1n) is 5.06. The molecule has 1 aromatic carbocycles. The lowest BCUT2D eigenvalue weighted by atomic mass is 10.1. The Morgan fingerprint density at radius 2 is 1.94 bits per heavy atom. The van der Waals surface area contributed by atoms with Crippen LogP contribution in [0.3, 0.4) is 0 Å². The molecule has 0 heterocycles. The highest BCUT2D eigenvalue weighted by atomic mass is 16.5. The van der Waals surface area contributed by atoms with E-state index in [-0.39, 0.29) is 11.5 Å². The Hall–Kier alpha value is -2.28. The van der Waals surface area contributed by atoms with Crippen molar-refractivity contribution in [2.45, 2.75) is 0 Å². The average molecular weight is 230 g/mol. The van der Waals surface area contributed by atoms with Crippen molar-refractivity contribution in [3.8, 4) is 11.8 Å². The molecule has 0 radical (unpaired) electrons. The maximum atomic E-state index is 11.6. The van der Waals surface area contributed by atoms with Crippen LogP contribution in [0.5, 0.6) is 5.75 Å². The van der Waals surface area contributed by atoms with Crippen molar-refractivity contribution >= 4 is 12.0 Å². The molecule has 0 saturated carbocycles. The molecule has 17 heavy (non-hydrogen) atoms. The Morgan fingerprint density at radius 1 is 1.35 bits per heavy atom. The van der Waals surface area contributed by atoms with Gasteiger partial charge < -0.3 is 9.64 Å². The van der Waals surface area contributed by atoms with Gasteiger partial charge in [-0.1, -0.05) is 12.1 Å². The molecular formula is C13H14N2O2. The van der Waals surface area contributed by atoms with E-state index in [1.165, 1.54) is 4.90 Å². The van der Waals surface area contributed by atoms with E-state index >= 15 is 0 Å². The summed E-state index contributed by atoms with van der Waals surface area (Å²) in [4.78, 5) is 13.0. The fourth-order valence-electron chi connectivity index (χ4n) is 1.25. The summed E-state index contributed by atoms with van der Waals surface area (Å²) in [6.07, 6.45) is 1.56. The number of nitrogens with zero attached hydrogens (tertiary/aromatic N) is 2. The number of hydrogen-bond donors (Lipinski definition) is 0. The quantitative estimate of drug-likeness (QED) is 0.586. The molecule has 88 valence electrons. The van der Waals surface area contributed by atoms with Crippen molar-refractivity contribution in [2.24, 2.45) is 0 Å². The summed E-state index contributed by atoms with van der Waals surface area (Å²) in [5.41, 5.74) is 0.901. The van der Waals surface area contributed by atoms with E-state index < -0.39 is 0 Å². The van der Waals surface area contributed by atoms with E-state index in [1.54, 1.807) is 51.5 Å². The predicted octanol–water partition coefficient (Wildman–Crippen LogP) is 1.69. The lowest BCUT2D eigenvalue weighted by molar-refractivity contribution is -0.124. The van der Waals surface area contributed by atoms with Gasteiger partial charge in [-0.05, 0) is 23.8 Å². The van der Waals surface area contributed by atoms with Crippen molar-refractivity contribution in [2.75, 3.05) is 21.2 Å². The number of amides is 1. The molecule has 0 aromatic heterocycles. The SMILES string of the molecule is COc1ccc(/C=C(/C#N)C(=O)N(C)C)cc1. The highest BCUT2D eigenvalue weighted by molar-refractivity contribution is 6.01. The van der Waals surface area contributed by atoms with Crippen LogP contribution in [0.15, 0.2) is 29.8 Å². The number of methoxy groups -OCH3 is 1. The fraction of sp³-hybridized carbons (Fsp3) is 0.231. The zero-order chi connectivity index (χ0) is 12.8. The summed E-state index contributed by atoms with van der Waals surface area (Å²) in [6, 6.07) is 9.04. The molecular weight excluding hydrogens is 216 g/mol. The molecule has 0 aliphatic heterocycles. The molecule has 4 heteroatoms. The second kappa shape index (κ2) is 5.71. The molecule has 1 aromatic rings. The van der Waals surface area contributed by atoms with E-state index in [2.05, 4.69) is 0 Å². The monoisotopic (exact) mass is 230 g/mol. The number of benzene rings is 1. The maximum absolute atomic E-state index is 11.6. The third-order valence-corrected chi connectivity index (χ3v) is 2.18. The van der Waals surface area contributed by atoms with Crippen LogP contribution < -0.4 is 4.74 Å². The van der Waals surface area contributed by atoms with Crippen molar-refractivity contribution < 1.29 is 9.53 Å². The first-order chi connectivity index (χ1) is 8.08.